The molecule has 1 aromatic heterocycles. The van der Waals surface area contributed by atoms with Crippen molar-refractivity contribution in [3.05, 3.63) is 76.5 Å². The van der Waals surface area contributed by atoms with Crippen LogP contribution in [0, 0.1) is 10.1 Å². The predicted octanol–water partition coefficient (Wildman–Crippen LogP) is 4.92. The summed E-state index contributed by atoms with van der Waals surface area (Å²) < 4.78 is 40.2. The van der Waals surface area contributed by atoms with E-state index in [4.69, 9.17) is 0 Å². The molecule has 3 rings (SSSR count). The van der Waals surface area contributed by atoms with Crippen molar-refractivity contribution in [1.82, 2.24) is 9.97 Å². The smallest absolute Gasteiger partial charge is 0.329 e. The van der Waals surface area contributed by atoms with Crippen molar-refractivity contribution < 1.29 is 18.1 Å². The monoisotopic (exact) mass is 389 g/mol. The zero-order valence-corrected chi connectivity index (χ0v) is 14.5. The normalized spacial score (nSPS) is 11.1. The number of anilines is 4. The average molecular weight is 389 g/mol. The summed E-state index contributed by atoms with van der Waals surface area (Å²) in [6, 6.07) is 13.8. The Bertz CT molecular complexity index is 979. The van der Waals surface area contributed by atoms with E-state index in [-0.39, 0.29) is 17.5 Å². The van der Waals surface area contributed by atoms with Crippen LogP contribution in [0.25, 0.3) is 0 Å². The van der Waals surface area contributed by atoms with Gasteiger partial charge in [-0.15, -0.1) is 0 Å². The van der Waals surface area contributed by atoms with Gasteiger partial charge in [-0.2, -0.15) is 18.2 Å². The average Bonchev–Trinajstić information content (AvgIpc) is 2.67. The third kappa shape index (κ3) is 4.17. The Morgan fingerprint density at radius 3 is 2.29 bits per heavy atom. The van der Waals surface area contributed by atoms with Crippen molar-refractivity contribution in [2.45, 2.75) is 6.18 Å². The fraction of sp³-hybridized carbons (Fsp3) is 0.111. The molecule has 144 valence electrons. The van der Waals surface area contributed by atoms with E-state index >= 15 is 0 Å². The van der Waals surface area contributed by atoms with E-state index in [0.717, 1.165) is 0 Å². The van der Waals surface area contributed by atoms with E-state index in [1.165, 1.54) is 36.2 Å². The van der Waals surface area contributed by atoms with Crippen molar-refractivity contribution in [1.29, 1.82) is 0 Å². The maximum Gasteiger partial charge on any atom is 0.421 e. The van der Waals surface area contributed by atoms with Crippen LogP contribution in [0.2, 0.25) is 0 Å². The summed E-state index contributed by atoms with van der Waals surface area (Å²) in [7, 11) is 1.47. The molecule has 0 spiro atoms. The number of alkyl halides is 3. The fourth-order valence-electron chi connectivity index (χ4n) is 2.46. The molecule has 1 heterocycles. The minimum Gasteiger partial charge on any atom is -0.329 e. The molecule has 0 amide bonds. The molecule has 0 fully saturated rings. The number of nitro benzene ring substituents is 1. The number of nitro groups is 1. The van der Waals surface area contributed by atoms with Crippen LogP contribution in [0.15, 0.2) is 60.8 Å². The van der Waals surface area contributed by atoms with Crippen molar-refractivity contribution in [3.63, 3.8) is 0 Å². The highest BCUT2D eigenvalue weighted by atomic mass is 19.4. The van der Waals surface area contributed by atoms with Crippen LogP contribution in [0.4, 0.5) is 42.0 Å². The standard InChI is InChI=1S/C18H14F3N5O2/c1-25(13-5-3-2-4-6-13)16-15(18(19,20)21)11-22-17(24-16)23-12-7-9-14(10-8-12)26(27)28/h2-11H,1H3,(H,22,23,24). The van der Waals surface area contributed by atoms with Gasteiger partial charge < -0.3 is 10.2 Å². The van der Waals surface area contributed by atoms with Gasteiger partial charge in [0.05, 0.1) is 4.92 Å². The predicted molar refractivity (Wildman–Crippen MR) is 97.9 cm³/mol. The van der Waals surface area contributed by atoms with Gasteiger partial charge in [0, 0.05) is 36.8 Å². The van der Waals surface area contributed by atoms with E-state index < -0.39 is 16.7 Å². The first-order chi connectivity index (χ1) is 13.3. The number of para-hydroxylation sites is 1. The number of nitrogens with one attached hydrogen (secondary N) is 1. The first-order valence-corrected chi connectivity index (χ1v) is 8.00. The maximum absolute atomic E-state index is 13.4. The van der Waals surface area contributed by atoms with Crippen LogP contribution in [-0.4, -0.2) is 21.9 Å². The van der Waals surface area contributed by atoms with Gasteiger partial charge in [-0.25, -0.2) is 4.98 Å². The lowest BCUT2D eigenvalue weighted by Crippen LogP contribution is -2.19. The van der Waals surface area contributed by atoms with E-state index in [9.17, 15) is 23.3 Å². The van der Waals surface area contributed by atoms with Crippen LogP contribution in [0.3, 0.4) is 0 Å². The van der Waals surface area contributed by atoms with Gasteiger partial charge in [0.15, 0.2) is 5.82 Å². The lowest BCUT2D eigenvalue weighted by Gasteiger charge is -2.22. The summed E-state index contributed by atoms with van der Waals surface area (Å²) in [5.74, 6) is -0.391. The highest BCUT2D eigenvalue weighted by Gasteiger charge is 2.36. The molecular formula is C18H14F3N5O2. The Kier molecular flexibility index (Phi) is 5.12. The van der Waals surface area contributed by atoms with Gasteiger partial charge in [0.25, 0.3) is 5.69 Å². The number of non-ortho nitro benzene ring substituents is 1. The lowest BCUT2D eigenvalue weighted by atomic mass is 10.2. The maximum atomic E-state index is 13.4. The number of rotatable bonds is 5. The molecule has 2 aromatic carbocycles. The molecule has 7 nitrogen and oxygen atoms in total. The van der Waals surface area contributed by atoms with E-state index in [0.29, 0.717) is 17.6 Å². The van der Waals surface area contributed by atoms with Crippen LogP contribution in [-0.2, 0) is 6.18 Å². The first kappa shape index (κ1) is 19.1. The number of hydrogen-bond donors (Lipinski definition) is 1. The SMILES string of the molecule is CN(c1ccccc1)c1nc(Nc2ccc([N+](=O)[O-])cc2)ncc1C(F)(F)F. The highest BCUT2D eigenvalue weighted by Crippen LogP contribution is 2.37. The fourth-order valence-corrected chi connectivity index (χ4v) is 2.46. The van der Waals surface area contributed by atoms with Gasteiger partial charge in [-0.3, -0.25) is 10.1 Å². The number of halogens is 3. The quantitative estimate of drug-likeness (QED) is 0.493. The summed E-state index contributed by atoms with van der Waals surface area (Å²) >= 11 is 0. The minimum atomic E-state index is -4.63. The summed E-state index contributed by atoms with van der Waals surface area (Å²) in [6.45, 7) is 0. The Balaban J connectivity index is 1.96. The first-order valence-electron chi connectivity index (χ1n) is 8.00. The van der Waals surface area contributed by atoms with Crippen molar-refractivity contribution in [2.24, 2.45) is 0 Å². The number of aromatic nitrogens is 2. The molecule has 0 unspecified atom stereocenters. The molecule has 0 aliphatic rings. The molecule has 0 aliphatic carbocycles. The van der Waals surface area contributed by atoms with Crippen molar-refractivity contribution in [2.75, 3.05) is 17.3 Å². The largest absolute Gasteiger partial charge is 0.421 e. The zero-order valence-electron chi connectivity index (χ0n) is 14.5. The van der Waals surface area contributed by atoms with Crippen LogP contribution in [0.1, 0.15) is 5.56 Å². The molecular weight excluding hydrogens is 375 g/mol. The van der Waals surface area contributed by atoms with Gasteiger partial charge in [0.2, 0.25) is 5.95 Å². The van der Waals surface area contributed by atoms with Crippen molar-refractivity contribution >= 4 is 28.8 Å². The Hall–Kier alpha value is -3.69. The Morgan fingerprint density at radius 2 is 1.71 bits per heavy atom. The second-order valence-electron chi connectivity index (χ2n) is 5.75. The van der Waals surface area contributed by atoms with Crippen LogP contribution in [0.5, 0.6) is 0 Å². The number of nitrogens with zero attached hydrogens (tertiary/aromatic N) is 4. The van der Waals surface area contributed by atoms with Crippen LogP contribution < -0.4 is 10.2 Å². The molecule has 0 atom stereocenters. The minimum absolute atomic E-state index is 0.0698. The topological polar surface area (TPSA) is 84.2 Å². The summed E-state index contributed by atoms with van der Waals surface area (Å²) in [5.41, 5.74) is -0.164. The zero-order chi connectivity index (χ0) is 20.3. The number of hydrogen-bond acceptors (Lipinski definition) is 6. The molecule has 0 aliphatic heterocycles. The van der Waals surface area contributed by atoms with Crippen molar-refractivity contribution in [3.8, 4) is 0 Å². The molecule has 0 radical (unpaired) electrons. The van der Waals surface area contributed by atoms with Gasteiger partial charge >= 0.3 is 6.18 Å². The Labute approximate surface area is 157 Å². The van der Waals surface area contributed by atoms with Crippen LogP contribution >= 0.6 is 0 Å². The molecule has 0 saturated heterocycles. The van der Waals surface area contributed by atoms with E-state index in [2.05, 4.69) is 15.3 Å². The molecule has 0 bridgehead atoms. The third-order valence-corrected chi connectivity index (χ3v) is 3.87. The van der Waals surface area contributed by atoms with Gasteiger partial charge in [-0.05, 0) is 24.3 Å². The molecule has 28 heavy (non-hydrogen) atoms. The number of benzene rings is 2. The molecule has 0 saturated carbocycles. The van der Waals surface area contributed by atoms with Gasteiger partial charge in [0.1, 0.15) is 5.56 Å². The third-order valence-electron chi connectivity index (χ3n) is 3.87. The summed E-state index contributed by atoms with van der Waals surface area (Å²) in [4.78, 5) is 19.2. The summed E-state index contributed by atoms with van der Waals surface area (Å²) in [5, 5.41) is 13.5. The second kappa shape index (κ2) is 7.51. The van der Waals surface area contributed by atoms with E-state index in [1.807, 2.05) is 0 Å². The molecule has 1 N–H and O–H groups in total. The lowest BCUT2D eigenvalue weighted by molar-refractivity contribution is -0.384. The van der Waals surface area contributed by atoms with Gasteiger partial charge in [-0.1, -0.05) is 18.2 Å². The Morgan fingerprint density at radius 1 is 1.07 bits per heavy atom. The second-order valence-corrected chi connectivity index (χ2v) is 5.75. The molecule has 10 heteroatoms. The van der Waals surface area contributed by atoms with E-state index in [1.54, 1.807) is 30.3 Å². The summed E-state index contributed by atoms with van der Waals surface area (Å²) in [6.07, 6.45) is -3.93. The molecule has 3 aromatic rings. The highest BCUT2D eigenvalue weighted by molar-refractivity contribution is 5.65.